The normalized spacial score (nSPS) is 13.9. The van der Waals surface area contributed by atoms with Crippen molar-refractivity contribution >= 4 is 47.4 Å². The molecule has 0 aliphatic carbocycles. The van der Waals surface area contributed by atoms with Gasteiger partial charge >= 0.3 is 0 Å². The molecule has 0 radical (unpaired) electrons. The highest BCUT2D eigenvalue weighted by atomic mass is 35.5. The van der Waals surface area contributed by atoms with Crippen LogP contribution in [0.25, 0.3) is 17.3 Å². The summed E-state index contributed by atoms with van der Waals surface area (Å²) in [5.41, 5.74) is 2.83. The van der Waals surface area contributed by atoms with Gasteiger partial charge in [-0.25, -0.2) is 0 Å². The van der Waals surface area contributed by atoms with E-state index in [1.807, 2.05) is 31.2 Å². The van der Waals surface area contributed by atoms with Gasteiger partial charge in [-0.05, 0) is 55.5 Å². The average molecular weight is 410 g/mol. The number of halogens is 1. The Hall–Kier alpha value is -2.96. The van der Waals surface area contributed by atoms with Crippen molar-refractivity contribution in [3.8, 4) is 11.6 Å². The third kappa shape index (κ3) is 3.00. The summed E-state index contributed by atoms with van der Waals surface area (Å²) < 4.78 is 3.14. The molecule has 0 amide bonds. The van der Waals surface area contributed by atoms with Crippen molar-refractivity contribution in [2.45, 2.75) is 13.5 Å². The Morgan fingerprint density at radius 3 is 2.61 bits per heavy atom. The van der Waals surface area contributed by atoms with E-state index in [1.54, 1.807) is 36.6 Å². The number of aliphatic imine (C=N–C) groups is 1. The first kappa shape index (κ1) is 18.4. The van der Waals surface area contributed by atoms with Crippen molar-refractivity contribution in [3.63, 3.8) is 0 Å². The molecule has 1 aliphatic rings. The van der Waals surface area contributed by atoms with E-state index >= 15 is 0 Å². The van der Waals surface area contributed by atoms with Gasteiger partial charge in [0.05, 0.1) is 11.4 Å². The van der Waals surface area contributed by atoms with Crippen molar-refractivity contribution in [2.24, 2.45) is 4.99 Å². The number of benzene rings is 2. The van der Waals surface area contributed by atoms with Crippen LogP contribution in [0.5, 0.6) is 5.88 Å². The summed E-state index contributed by atoms with van der Waals surface area (Å²) in [6.45, 7) is 2.27. The predicted octanol–water partition coefficient (Wildman–Crippen LogP) is 5.00. The van der Waals surface area contributed by atoms with E-state index in [0.29, 0.717) is 17.3 Å². The van der Waals surface area contributed by atoms with Crippen molar-refractivity contribution in [1.82, 2.24) is 9.13 Å². The van der Waals surface area contributed by atoms with E-state index in [1.165, 1.54) is 9.13 Å². The minimum absolute atomic E-state index is 0.156. The van der Waals surface area contributed by atoms with Gasteiger partial charge in [-0.1, -0.05) is 29.8 Å². The first-order valence-corrected chi connectivity index (χ1v) is 9.49. The molecule has 0 bridgehead atoms. The molecular weight excluding hydrogens is 394 g/mol. The van der Waals surface area contributed by atoms with Gasteiger partial charge in [-0.2, -0.15) is 0 Å². The Balaban J connectivity index is 1.99. The minimum Gasteiger partial charge on any atom is -0.494 e. The number of nitrogens with zero attached hydrogens (tertiary/aromatic N) is 3. The van der Waals surface area contributed by atoms with Gasteiger partial charge in [-0.3, -0.25) is 18.9 Å². The van der Waals surface area contributed by atoms with Crippen LogP contribution >= 0.6 is 23.8 Å². The molecule has 28 heavy (non-hydrogen) atoms. The lowest BCUT2D eigenvalue weighted by molar-refractivity contribution is 0.404. The van der Waals surface area contributed by atoms with Gasteiger partial charge in [0.15, 0.2) is 4.77 Å². The summed E-state index contributed by atoms with van der Waals surface area (Å²) in [5.74, 6) is -0.159. The molecule has 2 aromatic carbocycles. The van der Waals surface area contributed by atoms with E-state index in [4.69, 9.17) is 23.8 Å². The molecule has 0 unspecified atom stereocenters. The first-order valence-electron chi connectivity index (χ1n) is 8.71. The topological polar surface area (TPSA) is 59.5 Å². The number of allylic oxidation sites excluding steroid dienone is 1. The number of fused-ring (bicyclic) bond motifs is 1. The Morgan fingerprint density at radius 2 is 1.89 bits per heavy atom. The van der Waals surface area contributed by atoms with E-state index in [-0.39, 0.29) is 16.2 Å². The fourth-order valence-corrected chi connectivity index (χ4v) is 3.73. The second kappa shape index (κ2) is 7.22. The van der Waals surface area contributed by atoms with Crippen LogP contribution in [0.15, 0.2) is 58.3 Å². The third-order valence-electron chi connectivity index (χ3n) is 4.61. The molecule has 0 atom stereocenters. The van der Waals surface area contributed by atoms with Crippen molar-refractivity contribution in [1.29, 1.82) is 0 Å². The molecule has 7 heteroatoms. The number of aromatic nitrogens is 2. The van der Waals surface area contributed by atoms with Crippen molar-refractivity contribution < 1.29 is 5.11 Å². The molecule has 0 saturated heterocycles. The summed E-state index contributed by atoms with van der Waals surface area (Å²) in [6, 6.07) is 14.5. The lowest BCUT2D eigenvalue weighted by Crippen LogP contribution is -2.26. The Kier molecular flexibility index (Phi) is 4.75. The molecule has 1 N–H and O–H groups in total. The quantitative estimate of drug-likeness (QED) is 0.619. The zero-order valence-corrected chi connectivity index (χ0v) is 16.5. The number of aromatic hydroxyl groups is 1. The highest BCUT2D eigenvalue weighted by Crippen LogP contribution is 2.33. The molecule has 0 fully saturated rings. The summed E-state index contributed by atoms with van der Waals surface area (Å²) in [4.78, 5) is 17.6. The van der Waals surface area contributed by atoms with Gasteiger partial charge in [0.2, 0.25) is 5.88 Å². The van der Waals surface area contributed by atoms with Crippen molar-refractivity contribution in [3.05, 3.63) is 79.8 Å². The average Bonchev–Trinajstić information content (AvgIpc) is 3.10. The number of rotatable bonds is 3. The van der Waals surface area contributed by atoms with Gasteiger partial charge < -0.3 is 5.11 Å². The molecule has 2 heterocycles. The summed E-state index contributed by atoms with van der Waals surface area (Å²) in [7, 11) is 0. The Bertz CT molecular complexity index is 1250. The van der Waals surface area contributed by atoms with Crippen LogP contribution in [0.2, 0.25) is 5.02 Å². The second-order valence-electron chi connectivity index (χ2n) is 6.26. The minimum atomic E-state index is -0.403. The van der Waals surface area contributed by atoms with Crippen LogP contribution in [0.3, 0.4) is 0 Å². The maximum absolute atomic E-state index is 13.3. The highest BCUT2D eigenvalue weighted by molar-refractivity contribution is 7.71. The Labute approximate surface area is 171 Å². The molecule has 4 rings (SSSR count). The summed E-state index contributed by atoms with van der Waals surface area (Å²) in [6.07, 6.45) is 3.34. The molecule has 5 nitrogen and oxygen atoms in total. The lowest BCUT2D eigenvalue weighted by Gasteiger charge is -2.15. The van der Waals surface area contributed by atoms with Crippen LogP contribution in [-0.2, 0) is 6.54 Å². The second-order valence-corrected chi connectivity index (χ2v) is 7.06. The smallest absolute Gasteiger partial charge is 0.270 e. The van der Waals surface area contributed by atoms with Gasteiger partial charge in [-0.15, -0.1) is 0 Å². The van der Waals surface area contributed by atoms with E-state index in [2.05, 4.69) is 4.99 Å². The summed E-state index contributed by atoms with van der Waals surface area (Å²) in [5, 5.41) is 11.3. The fraction of sp³-hybridized carbons (Fsp3) is 0.0952. The number of hydrogen-bond donors (Lipinski definition) is 1. The standard InChI is InChI=1S/C21H16ClN3O2S/c1-2-24-19(26)17(11-13-12-23-18-6-4-3-5-16(13)18)20(27)25(21(24)28)15-9-7-14(22)8-10-15/h3-12,26H,2H2,1H3. The van der Waals surface area contributed by atoms with Gasteiger partial charge in [0.25, 0.3) is 5.56 Å². The molecular formula is C21H16ClN3O2S. The predicted molar refractivity (Wildman–Crippen MR) is 116 cm³/mol. The van der Waals surface area contributed by atoms with E-state index < -0.39 is 5.56 Å². The molecule has 140 valence electrons. The molecule has 1 aromatic heterocycles. The van der Waals surface area contributed by atoms with Gasteiger partial charge in [0, 0.05) is 28.9 Å². The van der Waals surface area contributed by atoms with Crippen molar-refractivity contribution in [2.75, 3.05) is 0 Å². The third-order valence-corrected chi connectivity index (χ3v) is 5.27. The van der Waals surface area contributed by atoms with Gasteiger partial charge in [0.1, 0.15) is 5.56 Å². The fourth-order valence-electron chi connectivity index (χ4n) is 3.20. The van der Waals surface area contributed by atoms with Crippen LogP contribution in [0.4, 0.5) is 5.69 Å². The van der Waals surface area contributed by atoms with Crippen LogP contribution in [-0.4, -0.2) is 20.5 Å². The zero-order valence-electron chi connectivity index (χ0n) is 15.0. The Morgan fingerprint density at radius 1 is 1.18 bits per heavy atom. The molecule has 0 saturated carbocycles. The largest absolute Gasteiger partial charge is 0.494 e. The summed E-state index contributed by atoms with van der Waals surface area (Å²) >= 11 is 11.4. The first-order chi connectivity index (χ1) is 13.5. The molecule has 1 aliphatic heterocycles. The van der Waals surface area contributed by atoms with Crippen LogP contribution in [0.1, 0.15) is 18.1 Å². The SMILES string of the molecule is CCn1c(O)c(C=C2C=Nc3ccccc32)c(=O)n(-c2ccc(Cl)cc2)c1=S. The lowest BCUT2D eigenvalue weighted by atomic mass is 10.1. The zero-order chi connectivity index (χ0) is 19.8. The van der Waals surface area contributed by atoms with Crippen LogP contribution < -0.4 is 5.56 Å². The highest BCUT2D eigenvalue weighted by Gasteiger charge is 2.18. The van der Waals surface area contributed by atoms with Crippen LogP contribution in [0, 0.1) is 4.77 Å². The number of para-hydroxylation sites is 1. The maximum atomic E-state index is 13.3. The van der Waals surface area contributed by atoms with E-state index in [0.717, 1.165) is 16.8 Å². The monoisotopic (exact) mass is 409 g/mol. The maximum Gasteiger partial charge on any atom is 0.270 e. The number of hydrogen-bond acceptors (Lipinski definition) is 4. The van der Waals surface area contributed by atoms with E-state index in [9.17, 15) is 9.90 Å². The molecule has 3 aromatic rings. The molecule has 0 spiro atoms.